The number of aliphatic carboxylic acids is 1. The second-order valence-electron chi connectivity index (χ2n) is 6.74. The number of carboxylic acid groups (broad SMARTS) is 1. The maximum absolute atomic E-state index is 13.1. The average Bonchev–Trinajstić information content (AvgIpc) is 3.13. The number of carbonyl (C=O) groups is 2. The Bertz CT molecular complexity index is 948. The van der Waals surface area contributed by atoms with Gasteiger partial charge in [-0.3, -0.25) is 4.79 Å². The Labute approximate surface area is 184 Å². The molecule has 0 saturated carbocycles. The second-order valence-corrected chi connectivity index (χ2v) is 7.57. The van der Waals surface area contributed by atoms with Crippen molar-refractivity contribution in [2.45, 2.75) is 19.4 Å². The lowest BCUT2D eigenvalue weighted by Crippen LogP contribution is -2.37. The van der Waals surface area contributed by atoms with Crippen molar-refractivity contribution < 1.29 is 33.6 Å². The van der Waals surface area contributed by atoms with Crippen molar-refractivity contribution in [1.29, 1.82) is 0 Å². The van der Waals surface area contributed by atoms with Gasteiger partial charge in [0, 0.05) is 18.9 Å². The van der Waals surface area contributed by atoms with E-state index in [0.29, 0.717) is 39.2 Å². The van der Waals surface area contributed by atoms with Crippen LogP contribution in [-0.4, -0.2) is 61.7 Å². The first-order valence-electron chi connectivity index (χ1n) is 9.44. The zero-order valence-corrected chi connectivity index (χ0v) is 18.5. The van der Waals surface area contributed by atoms with Crippen LogP contribution in [0.4, 0.5) is 0 Å². The molecule has 3 rings (SSSR count). The summed E-state index contributed by atoms with van der Waals surface area (Å²) in [7, 11) is 4.59. The van der Waals surface area contributed by atoms with Gasteiger partial charge >= 0.3 is 11.9 Å². The van der Waals surface area contributed by atoms with Crippen molar-refractivity contribution >= 4 is 28.9 Å². The van der Waals surface area contributed by atoms with E-state index in [0.717, 1.165) is 0 Å². The van der Waals surface area contributed by atoms with Crippen LogP contribution in [-0.2, 0) is 19.1 Å². The maximum Gasteiger partial charge on any atom is 0.338 e. The highest BCUT2D eigenvalue weighted by atomic mass is 32.2. The number of esters is 1. The first kappa shape index (κ1) is 22.7. The number of nitrogens with zero attached hydrogens (tertiary/aromatic N) is 2. The van der Waals surface area contributed by atoms with Crippen molar-refractivity contribution in [2.75, 3.05) is 34.5 Å². The van der Waals surface area contributed by atoms with Gasteiger partial charge in [-0.2, -0.15) is 0 Å². The molecule has 1 aromatic carbocycles. The largest absolute Gasteiger partial charge is 0.497 e. The summed E-state index contributed by atoms with van der Waals surface area (Å²) in [6.45, 7) is 2.08. The minimum atomic E-state index is -0.981. The molecule has 0 bridgehead atoms. The molecule has 166 valence electrons. The van der Waals surface area contributed by atoms with Crippen LogP contribution in [0.25, 0.3) is 0 Å². The fourth-order valence-corrected chi connectivity index (χ4v) is 4.35. The van der Waals surface area contributed by atoms with Crippen LogP contribution in [0.1, 0.15) is 24.9 Å². The van der Waals surface area contributed by atoms with Gasteiger partial charge in [0.25, 0.3) is 0 Å². The second kappa shape index (κ2) is 9.88. The van der Waals surface area contributed by atoms with Crippen molar-refractivity contribution in [3.63, 3.8) is 0 Å². The van der Waals surface area contributed by atoms with Crippen LogP contribution in [0, 0.1) is 0 Å². The van der Waals surface area contributed by atoms with Crippen LogP contribution in [0.5, 0.6) is 11.5 Å². The molecule has 1 aromatic rings. The normalized spacial score (nSPS) is 17.7. The molecule has 0 spiro atoms. The standard InChI is InChI=1S/C21H24N2O7S/c1-12-18(20(26)30-6-5-27-2)19(13-7-15(28-3)10-16(8-13)29-4)23-14(9-17(24)25)11-31-21(23)22-12/h7-8,10-11,19H,5-6,9H2,1-4H3,(H,24,25). The number of carboxylic acids is 1. The Balaban J connectivity index is 2.12. The number of hydrogen-bond donors (Lipinski definition) is 1. The van der Waals surface area contributed by atoms with Crippen molar-refractivity contribution in [1.82, 2.24) is 4.90 Å². The number of aliphatic imine (C=N–C) groups is 1. The van der Waals surface area contributed by atoms with Crippen molar-refractivity contribution in [2.24, 2.45) is 4.99 Å². The molecule has 0 aliphatic carbocycles. The monoisotopic (exact) mass is 448 g/mol. The SMILES string of the molecule is COCCOC(=O)C1=C(C)N=C2SC=C(CC(=O)O)N2C1c1cc(OC)cc(OC)c1. The molecule has 10 heteroatoms. The Morgan fingerprint density at radius 2 is 1.81 bits per heavy atom. The van der Waals surface area contributed by atoms with Crippen LogP contribution in [0.3, 0.4) is 0 Å². The van der Waals surface area contributed by atoms with Gasteiger partial charge in [0.15, 0.2) is 5.17 Å². The van der Waals surface area contributed by atoms with Gasteiger partial charge in [-0.1, -0.05) is 11.8 Å². The summed E-state index contributed by atoms with van der Waals surface area (Å²) >= 11 is 1.32. The van der Waals surface area contributed by atoms with Gasteiger partial charge in [0.2, 0.25) is 0 Å². The molecule has 0 aromatic heterocycles. The Kier molecular flexibility index (Phi) is 7.24. The van der Waals surface area contributed by atoms with Crippen LogP contribution in [0.15, 0.2) is 45.6 Å². The Morgan fingerprint density at radius 1 is 1.13 bits per heavy atom. The number of allylic oxidation sites excluding steroid dienone is 1. The highest BCUT2D eigenvalue weighted by molar-refractivity contribution is 8.16. The summed E-state index contributed by atoms with van der Waals surface area (Å²) in [6, 6.07) is 4.63. The average molecular weight is 448 g/mol. The summed E-state index contributed by atoms with van der Waals surface area (Å²) in [5.74, 6) is -0.446. The number of rotatable bonds is 9. The van der Waals surface area contributed by atoms with E-state index in [-0.39, 0.29) is 19.6 Å². The quantitative estimate of drug-likeness (QED) is 0.451. The minimum Gasteiger partial charge on any atom is -0.497 e. The number of fused-ring (bicyclic) bond motifs is 1. The summed E-state index contributed by atoms with van der Waals surface area (Å²) in [4.78, 5) is 30.8. The highest BCUT2D eigenvalue weighted by Gasteiger charge is 2.41. The number of thioether (sulfide) groups is 1. The van der Waals surface area contributed by atoms with E-state index in [1.54, 1.807) is 35.4 Å². The Morgan fingerprint density at radius 3 is 2.39 bits per heavy atom. The molecule has 0 amide bonds. The number of amidine groups is 1. The van der Waals surface area contributed by atoms with E-state index in [4.69, 9.17) is 18.9 Å². The predicted molar refractivity (Wildman–Crippen MR) is 115 cm³/mol. The summed E-state index contributed by atoms with van der Waals surface area (Å²) in [5.41, 5.74) is 2.02. The van der Waals surface area contributed by atoms with E-state index in [1.165, 1.54) is 33.1 Å². The van der Waals surface area contributed by atoms with Gasteiger partial charge in [0.05, 0.1) is 44.6 Å². The minimum absolute atomic E-state index is 0.0867. The zero-order valence-electron chi connectivity index (χ0n) is 17.7. The summed E-state index contributed by atoms with van der Waals surface area (Å²) in [6.07, 6.45) is -0.214. The number of hydrogen-bond acceptors (Lipinski definition) is 9. The molecule has 2 aliphatic heterocycles. The molecule has 0 radical (unpaired) electrons. The van der Waals surface area contributed by atoms with E-state index >= 15 is 0 Å². The smallest absolute Gasteiger partial charge is 0.338 e. The molecular formula is C21H24N2O7S. The first-order chi connectivity index (χ1) is 14.9. The summed E-state index contributed by atoms with van der Waals surface area (Å²) in [5, 5.41) is 11.7. The molecule has 1 N–H and O–H groups in total. The van der Waals surface area contributed by atoms with Gasteiger partial charge in [0.1, 0.15) is 18.1 Å². The third kappa shape index (κ3) is 4.86. The maximum atomic E-state index is 13.1. The first-order valence-corrected chi connectivity index (χ1v) is 10.3. The molecule has 31 heavy (non-hydrogen) atoms. The van der Waals surface area contributed by atoms with E-state index in [2.05, 4.69) is 4.99 Å². The molecule has 2 heterocycles. The lowest BCUT2D eigenvalue weighted by Gasteiger charge is -2.36. The molecule has 0 fully saturated rings. The molecule has 1 atom stereocenters. The third-order valence-corrected chi connectivity index (χ3v) is 5.65. The lowest BCUT2D eigenvalue weighted by molar-refractivity contribution is -0.141. The molecule has 1 unspecified atom stereocenters. The van der Waals surface area contributed by atoms with E-state index in [1.807, 2.05) is 0 Å². The van der Waals surface area contributed by atoms with Gasteiger partial charge in [-0.15, -0.1) is 0 Å². The zero-order chi connectivity index (χ0) is 22.5. The van der Waals surface area contributed by atoms with Gasteiger partial charge in [-0.05, 0) is 30.0 Å². The van der Waals surface area contributed by atoms with Gasteiger partial charge in [-0.25, -0.2) is 9.79 Å². The molecule has 2 aliphatic rings. The number of carbonyl (C=O) groups excluding carboxylic acids is 1. The Hall–Kier alpha value is -2.98. The van der Waals surface area contributed by atoms with Crippen molar-refractivity contribution in [3.8, 4) is 11.5 Å². The number of benzene rings is 1. The molecular weight excluding hydrogens is 424 g/mol. The van der Waals surface area contributed by atoms with E-state index < -0.39 is 18.0 Å². The highest BCUT2D eigenvalue weighted by Crippen LogP contribution is 2.46. The fourth-order valence-electron chi connectivity index (χ4n) is 3.38. The number of ether oxygens (including phenoxy) is 4. The summed E-state index contributed by atoms with van der Waals surface area (Å²) < 4.78 is 21.2. The topological polar surface area (TPSA) is 107 Å². The predicted octanol–water partition coefficient (Wildman–Crippen LogP) is 2.94. The van der Waals surface area contributed by atoms with Gasteiger partial charge < -0.3 is 29.0 Å². The van der Waals surface area contributed by atoms with Crippen LogP contribution < -0.4 is 9.47 Å². The van der Waals surface area contributed by atoms with Crippen molar-refractivity contribution in [3.05, 3.63) is 46.1 Å². The molecule has 0 saturated heterocycles. The van der Waals surface area contributed by atoms with Crippen LogP contribution >= 0.6 is 11.8 Å². The van der Waals surface area contributed by atoms with Crippen LogP contribution in [0.2, 0.25) is 0 Å². The third-order valence-electron chi connectivity index (χ3n) is 4.76. The van der Waals surface area contributed by atoms with E-state index in [9.17, 15) is 14.7 Å². The number of methoxy groups -OCH3 is 3. The fraction of sp³-hybridized carbons (Fsp3) is 0.381. The lowest BCUT2D eigenvalue weighted by atomic mass is 9.93. The molecule has 9 nitrogen and oxygen atoms in total.